The van der Waals surface area contributed by atoms with E-state index in [1.807, 2.05) is 0 Å². The van der Waals surface area contributed by atoms with E-state index in [4.69, 9.17) is 0 Å². The molecule has 2 aliphatic heterocycles. The van der Waals surface area contributed by atoms with Gasteiger partial charge in [0.2, 0.25) is 5.91 Å². The van der Waals surface area contributed by atoms with E-state index >= 15 is 0 Å². The van der Waals surface area contributed by atoms with Gasteiger partial charge in [0.15, 0.2) is 0 Å². The van der Waals surface area contributed by atoms with Crippen molar-refractivity contribution in [1.82, 2.24) is 10.6 Å². The first-order valence-electron chi connectivity index (χ1n) is 7.26. The van der Waals surface area contributed by atoms with Crippen molar-refractivity contribution in [3.63, 3.8) is 0 Å². The molecule has 0 aromatic carbocycles. The molecule has 3 atom stereocenters. The molecule has 0 radical (unpaired) electrons. The minimum absolute atomic E-state index is 0. The fourth-order valence-electron chi connectivity index (χ4n) is 3.63. The summed E-state index contributed by atoms with van der Waals surface area (Å²) < 4.78 is 0. The summed E-state index contributed by atoms with van der Waals surface area (Å²) in [4.78, 5) is 12.0. The van der Waals surface area contributed by atoms with Gasteiger partial charge in [-0.1, -0.05) is 0 Å². The normalized spacial score (nSPS) is 35.7. The molecule has 4 heteroatoms. The van der Waals surface area contributed by atoms with Crippen molar-refractivity contribution >= 4 is 18.3 Å². The van der Waals surface area contributed by atoms with Gasteiger partial charge in [-0.15, -0.1) is 12.4 Å². The monoisotopic (exact) mass is 272 g/mol. The van der Waals surface area contributed by atoms with Gasteiger partial charge in [-0.05, 0) is 57.3 Å². The maximum Gasteiger partial charge on any atom is 0.220 e. The average molecular weight is 273 g/mol. The highest BCUT2D eigenvalue weighted by Gasteiger charge is 2.35. The lowest BCUT2D eigenvalue weighted by atomic mass is 9.89. The fraction of sp³-hybridized carbons (Fsp3) is 0.929. The molecule has 3 unspecified atom stereocenters. The van der Waals surface area contributed by atoms with Crippen molar-refractivity contribution in [1.29, 1.82) is 0 Å². The van der Waals surface area contributed by atoms with E-state index < -0.39 is 0 Å². The molecule has 1 saturated carbocycles. The maximum absolute atomic E-state index is 12.0. The van der Waals surface area contributed by atoms with Crippen molar-refractivity contribution in [2.24, 2.45) is 11.8 Å². The number of carbonyl (C=O) groups is 1. The highest BCUT2D eigenvalue weighted by Crippen LogP contribution is 2.34. The summed E-state index contributed by atoms with van der Waals surface area (Å²) in [6, 6.07) is 1.81. The van der Waals surface area contributed by atoms with Crippen LogP contribution in [0.1, 0.15) is 51.9 Å². The molecule has 2 heterocycles. The highest BCUT2D eigenvalue weighted by atomic mass is 35.5. The summed E-state index contributed by atoms with van der Waals surface area (Å²) in [5.41, 5.74) is 0. The van der Waals surface area contributed by atoms with Crippen LogP contribution in [-0.4, -0.2) is 24.0 Å². The summed E-state index contributed by atoms with van der Waals surface area (Å²) in [6.45, 7) is 2.15. The van der Waals surface area contributed by atoms with E-state index in [1.54, 1.807) is 0 Å². The SMILES string of the molecule is CC(NC(=O)CC1CC2CCC(C1)N2)C1CC1.Cl. The van der Waals surface area contributed by atoms with Crippen molar-refractivity contribution in [2.45, 2.75) is 70.0 Å². The van der Waals surface area contributed by atoms with Crippen LogP contribution >= 0.6 is 12.4 Å². The summed E-state index contributed by atoms with van der Waals surface area (Å²) in [6.07, 6.45) is 8.43. The molecule has 3 fully saturated rings. The molecule has 3 aliphatic rings. The summed E-state index contributed by atoms with van der Waals surface area (Å²) in [7, 11) is 0. The maximum atomic E-state index is 12.0. The van der Waals surface area contributed by atoms with Crippen molar-refractivity contribution < 1.29 is 4.79 Å². The zero-order chi connectivity index (χ0) is 11.8. The number of hydrogen-bond donors (Lipinski definition) is 2. The van der Waals surface area contributed by atoms with Crippen LogP contribution in [0, 0.1) is 11.8 Å². The second-order valence-corrected chi connectivity index (χ2v) is 6.37. The van der Waals surface area contributed by atoms with Gasteiger partial charge in [0, 0.05) is 24.5 Å². The zero-order valence-electron chi connectivity index (χ0n) is 11.2. The first kappa shape index (κ1) is 14.1. The number of nitrogens with one attached hydrogen (secondary N) is 2. The van der Waals surface area contributed by atoms with Gasteiger partial charge in [-0.3, -0.25) is 4.79 Å². The number of hydrogen-bond acceptors (Lipinski definition) is 2. The third-order valence-electron chi connectivity index (χ3n) is 4.76. The number of halogens is 1. The summed E-state index contributed by atoms with van der Waals surface area (Å²) in [5.74, 6) is 1.68. The largest absolute Gasteiger partial charge is 0.353 e. The van der Waals surface area contributed by atoms with Gasteiger partial charge in [0.05, 0.1) is 0 Å². The van der Waals surface area contributed by atoms with E-state index in [0.29, 0.717) is 24.0 Å². The Balaban J connectivity index is 0.00000120. The van der Waals surface area contributed by atoms with E-state index in [-0.39, 0.29) is 18.3 Å². The Morgan fingerprint density at radius 2 is 1.83 bits per heavy atom. The van der Waals surface area contributed by atoms with Crippen LogP contribution in [-0.2, 0) is 4.79 Å². The lowest BCUT2D eigenvalue weighted by Crippen LogP contribution is -2.41. The first-order valence-corrected chi connectivity index (χ1v) is 7.26. The molecule has 0 aromatic rings. The van der Waals surface area contributed by atoms with E-state index in [0.717, 1.165) is 12.3 Å². The molecule has 2 bridgehead atoms. The highest BCUT2D eigenvalue weighted by molar-refractivity contribution is 5.85. The Hall–Kier alpha value is -0.280. The van der Waals surface area contributed by atoms with Gasteiger partial charge < -0.3 is 10.6 Å². The molecule has 1 amide bonds. The van der Waals surface area contributed by atoms with Crippen LogP contribution in [0.2, 0.25) is 0 Å². The Labute approximate surface area is 116 Å². The van der Waals surface area contributed by atoms with Crippen LogP contribution in [0.5, 0.6) is 0 Å². The third kappa shape index (κ3) is 3.39. The molecule has 3 nitrogen and oxygen atoms in total. The molecule has 1 aliphatic carbocycles. The second kappa shape index (κ2) is 5.79. The number of amides is 1. The Morgan fingerprint density at radius 3 is 2.39 bits per heavy atom. The number of rotatable bonds is 4. The third-order valence-corrected chi connectivity index (χ3v) is 4.76. The number of piperidine rings is 1. The Kier molecular flexibility index (Phi) is 4.54. The molecule has 2 N–H and O–H groups in total. The lowest BCUT2D eigenvalue weighted by Gasteiger charge is -2.29. The van der Waals surface area contributed by atoms with E-state index in [9.17, 15) is 4.79 Å². The van der Waals surface area contributed by atoms with Gasteiger partial charge in [0.25, 0.3) is 0 Å². The molecule has 2 saturated heterocycles. The minimum atomic E-state index is 0. The molecule has 18 heavy (non-hydrogen) atoms. The molecule has 104 valence electrons. The van der Waals surface area contributed by atoms with Gasteiger partial charge in [-0.2, -0.15) is 0 Å². The fourth-order valence-corrected chi connectivity index (χ4v) is 3.63. The van der Waals surface area contributed by atoms with Gasteiger partial charge >= 0.3 is 0 Å². The number of carbonyl (C=O) groups excluding carboxylic acids is 1. The predicted octanol–water partition coefficient (Wildman–Crippen LogP) is 2.24. The number of fused-ring (bicyclic) bond motifs is 2. The topological polar surface area (TPSA) is 41.1 Å². The van der Waals surface area contributed by atoms with E-state index in [2.05, 4.69) is 17.6 Å². The van der Waals surface area contributed by atoms with Crippen LogP contribution in [0.15, 0.2) is 0 Å². The van der Waals surface area contributed by atoms with Gasteiger partial charge in [-0.25, -0.2) is 0 Å². The molecule has 0 aromatic heterocycles. The van der Waals surface area contributed by atoms with Crippen LogP contribution < -0.4 is 10.6 Å². The minimum Gasteiger partial charge on any atom is -0.353 e. The second-order valence-electron chi connectivity index (χ2n) is 6.37. The molecule has 0 spiro atoms. The van der Waals surface area contributed by atoms with E-state index in [1.165, 1.54) is 38.5 Å². The zero-order valence-corrected chi connectivity index (χ0v) is 12.0. The molecular weight excluding hydrogens is 248 g/mol. The van der Waals surface area contributed by atoms with Gasteiger partial charge in [0.1, 0.15) is 0 Å². The standard InChI is InChI=1S/C14H24N2O.ClH/c1-9(11-2-3-11)15-14(17)8-10-6-12-4-5-13(7-10)16-12;/h9-13,16H,2-8H2,1H3,(H,15,17);1H. The van der Waals surface area contributed by atoms with Crippen LogP contribution in [0.4, 0.5) is 0 Å². The van der Waals surface area contributed by atoms with Crippen molar-refractivity contribution in [3.8, 4) is 0 Å². The smallest absolute Gasteiger partial charge is 0.220 e. The van der Waals surface area contributed by atoms with Crippen molar-refractivity contribution in [3.05, 3.63) is 0 Å². The average Bonchev–Trinajstić information content (AvgIpc) is 3.05. The lowest BCUT2D eigenvalue weighted by molar-refractivity contribution is -0.123. The first-order chi connectivity index (χ1) is 8.20. The Bertz CT molecular complexity index is 294. The summed E-state index contributed by atoms with van der Waals surface area (Å²) in [5, 5.41) is 6.81. The van der Waals surface area contributed by atoms with Crippen LogP contribution in [0.25, 0.3) is 0 Å². The summed E-state index contributed by atoms with van der Waals surface area (Å²) >= 11 is 0. The molecule has 3 rings (SSSR count). The van der Waals surface area contributed by atoms with Crippen LogP contribution in [0.3, 0.4) is 0 Å². The predicted molar refractivity (Wildman–Crippen MR) is 74.9 cm³/mol. The quantitative estimate of drug-likeness (QED) is 0.824. The Morgan fingerprint density at radius 1 is 1.22 bits per heavy atom. The van der Waals surface area contributed by atoms with Crippen molar-refractivity contribution in [2.75, 3.05) is 0 Å². The molecular formula is C14H25ClN2O.